The summed E-state index contributed by atoms with van der Waals surface area (Å²) < 4.78 is 136. The Balaban J connectivity index is 1.67. The summed E-state index contributed by atoms with van der Waals surface area (Å²) in [6.45, 7) is 2.99. The maximum atomic E-state index is 14.9. The third kappa shape index (κ3) is 4.45. The molecule has 42 heavy (non-hydrogen) atoms. The molecular weight excluding hydrogens is 598 g/mol. The van der Waals surface area contributed by atoms with Gasteiger partial charge in [0, 0.05) is 37.8 Å². The lowest BCUT2D eigenvalue weighted by Crippen LogP contribution is -2.58. The van der Waals surface area contributed by atoms with Gasteiger partial charge in [0.2, 0.25) is 0 Å². The van der Waals surface area contributed by atoms with Crippen LogP contribution in [0.4, 0.5) is 39.9 Å². The molecule has 6 nitrogen and oxygen atoms in total. The van der Waals surface area contributed by atoms with Gasteiger partial charge in [0.15, 0.2) is 9.84 Å². The highest BCUT2D eigenvalue weighted by atomic mass is 32.2. The number of nitrogens with zero attached hydrogens (tertiary/aromatic N) is 2. The number of aryl methyl sites for hydroxylation is 1. The monoisotopic (exact) mass is 625 g/mol. The number of urea groups is 1. The fraction of sp³-hybridized carbons (Fsp3) is 0.519. The van der Waals surface area contributed by atoms with E-state index in [4.69, 9.17) is 0 Å². The number of benzene rings is 2. The summed E-state index contributed by atoms with van der Waals surface area (Å²) >= 11 is 0. The molecule has 0 spiro atoms. The van der Waals surface area contributed by atoms with Crippen molar-refractivity contribution >= 4 is 15.9 Å². The quantitative estimate of drug-likeness (QED) is 0.376. The van der Waals surface area contributed by atoms with Gasteiger partial charge in [0.05, 0.1) is 10.9 Å². The number of likely N-dealkylation sites (tertiary alicyclic amines) is 1. The van der Waals surface area contributed by atoms with Gasteiger partial charge in [-0.1, -0.05) is 18.2 Å². The first-order valence-corrected chi connectivity index (χ1v) is 14.7. The predicted molar refractivity (Wildman–Crippen MR) is 134 cm³/mol. The molecule has 5 rings (SSSR count). The van der Waals surface area contributed by atoms with Crippen LogP contribution in [-0.2, 0) is 26.7 Å². The second-order valence-corrected chi connectivity index (χ2v) is 13.2. The number of hydrogen-bond donors (Lipinski definition) is 1. The number of carbonyl (C=O) groups excluding carboxylic acids is 1. The Kier molecular flexibility index (Phi) is 7.31. The first-order chi connectivity index (χ1) is 19.4. The normalized spacial score (nSPS) is 25.3. The van der Waals surface area contributed by atoms with Crippen molar-refractivity contribution in [2.45, 2.75) is 65.9 Å². The Morgan fingerprint density at radius 1 is 0.976 bits per heavy atom. The van der Waals surface area contributed by atoms with Crippen molar-refractivity contribution in [3.8, 4) is 0 Å². The SMILES string of the molecule is C[C@H]1CN(C(=O)N2CC[C@@]3(S(=O)(=O)c4ccc(F)cc4)c4ccc(C(F)(C(F)(F)F)C(F)(F)F)cc4CC[C@@H]23)CCN1. The van der Waals surface area contributed by atoms with Crippen LogP contribution < -0.4 is 5.32 Å². The zero-order chi connectivity index (χ0) is 30.9. The molecule has 0 aromatic heterocycles. The van der Waals surface area contributed by atoms with Crippen LogP contribution in [0, 0.1) is 5.82 Å². The Morgan fingerprint density at radius 2 is 1.62 bits per heavy atom. The van der Waals surface area contributed by atoms with Crippen molar-refractivity contribution in [2.75, 3.05) is 26.2 Å². The molecule has 1 N–H and O–H groups in total. The molecule has 0 unspecified atom stereocenters. The maximum absolute atomic E-state index is 14.9. The summed E-state index contributed by atoms with van der Waals surface area (Å²) in [5.41, 5.74) is -7.71. The molecular formula is C27H27F8N3O3S. The molecule has 0 saturated carbocycles. The molecule has 2 saturated heterocycles. The van der Waals surface area contributed by atoms with E-state index in [0.29, 0.717) is 31.8 Å². The minimum Gasteiger partial charge on any atom is -0.322 e. The molecule has 0 bridgehead atoms. The topological polar surface area (TPSA) is 69.7 Å². The van der Waals surface area contributed by atoms with E-state index in [1.807, 2.05) is 6.92 Å². The molecule has 230 valence electrons. The van der Waals surface area contributed by atoms with Gasteiger partial charge in [0.1, 0.15) is 10.6 Å². The number of fused-ring (bicyclic) bond motifs is 3. The number of rotatable bonds is 3. The van der Waals surface area contributed by atoms with Crippen LogP contribution in [-0.4, -0.2) is 74.9 Å². The van der Waals surface area contributed by atoms with Crippen molar-refractivity contribution in [3.05, 3.63) is 65.0 Å². The first kappa shape index (κ1) is 30.5. The fourth-order valence-electron chi connectivity index (χ4n) is 6.57. The molecule has 2 aliphatic heterocycles. The van der Waals surface area contributed by atoms with Crippen molar-refractivity contribution < 1.29 is 48.3 Å². The summed E-state index contributed by atoms with van der Waals surface area (Å²) in [6, 6.07) is 3.87. The molecule has 2 aromatic carbocycles. The van der Waals surface area contributed by atoms with Gasteiger partial charge in [0.25, 0.3) is 0 Å². The zero-order valence-electron chi connectivity index (χ0n) is 22.2. The van der Waals surface area contributed by atoms with Gasteiger partial charge < -0.3 is 15.1 Å². The first-order valence-electron chi connectivity index (χ1n) is 13.2. The number of nitrogens with one attached hydrogen (secondary N) is 1. The van der Waals surface area contributed by atoms with Crippen molar-refractivity contribution in [2.24, 2.45) is 0 Å². The van der Waals surface area contributed by atoms with E-state index < -0.39 is 56.1 Å². The van der Waals surface area contributed by atoms with E-state index in [1.54, 1.807) is 4.90 Å². The van der Waals surface area contributed by atoms with E-state index in [-0.39, 0.29) is 47.9 Å². The lowest BCUT2D eigenvalue weighted by molar-refractivity contribution is -0.348. The minimum absolute atomic E-state index is 0.0354. The standard InChI is InChI=1S/C27H27F8N3O3S/c1-16-15-37(13-11-36-16)23(39)38-12-10-24(42(40,41)20-6-4-19(28)5-7-20)21-8-3-18(14-17(21)2-9-22(24)38)25(29,26(30,31)32)27(33,34)35/h3-8,14,16,22,36H,2,9-13,15H2,1H3/t16-,22+,24+/m0/s1. The molecule has 0 radical (unpaired) electrons. The number of carbonyl (C=O) groups is 1. The van der Waals surface area contributed by atoms with E-state index in [9.17, 15) is 48.3 Å². The second-order valence-electron chi connectivity index (χ2n) is 11.0. The summed E-state index contributed by atoms with van der Waals surface area (Å²) in [6.07, 6.45) is -13.2. The molecule has 2 fully saturated rings. The highest BCUT2D eigenvalue weighted by molar-refractivity contribution is 7.92. The van der Waals surface area contributed by atoms with Crippen LogP contribution in [0.3, 0.4) is 0 Å². The molecule has 2 aromatic rings. The minimum atomic E-state index is -6.34. The van der Waals surface area contributed by atoms with Crippen LogP contribution in [0.25, 0.3) is 0 Å². The van der Waals surface area contributed by atoms with E-state index in [0.717, 1.165) is 30.3 Å². The van der Waals surface area contributed by atoms with Crippen LogP contribution in [0.2, 0.25) is 0 Å². The summed E-state index contributed by atoms with van der Waals surface area (Å²) in [5.74, 6) is -0.730. The third-order valence-electron chi connectivity index (χ3n) is 8.55. The van der Waals surface area contributed by atoms with Crippen molar-refractivity contribution in [1.82, 2.24) is 15.1 Å². The van der Waals surface area contributed by atoms with E-state index in [1.165, 1.54) is 4.90 Å². The van der Waals surface area contributed by atoms with Gasteiger partial charge in [-0.15, -0.1) is 0 Å². The number of sulfone groups is 1. The molecule has 3 atom stereocenters. The number of amides is 2. The molecule has 15 heteroatoms. The van der Waals surface area contributed by atoms with Gasteiger partial charge in [-0.2, -0.15) is 26.3 Å². The lowest BCUT2D eigenvalue weighted by Gasteiger charge is -2.44. The average molecular weight is 626 g/mol. The van der Waals surface area contributed by atoms with Gasteiger partial charge >= 0.3 is 24.1 Å². The summed E-state index contributed by atoms with van der Waals surface area (Å²) in [5, 5.41) is 3.19. The predicted octanol–water partition coefficient (Wildman–Crippen LogP) is 5.22. The number of halogens is 8. The largest absolute Gasteiger partial charge is 0.435 e. The highest BCUT2D eigenvalue weighted by Gasteiger charge is 2.74. The van der Waals surface area contributed by atoms with Crippen LogP contribution in [0.5, 0.6) is 0 Å². The Hall–Kier alpha value is -2.94. The van der Waals surface area contributed by atoms with Crippen molar-refractivity contribution in [3.63, 3.8) is 0 Å². The van der Waals surface area contributed by atoms with Crippen molar-refractivity contribution in [1.29, 1.82) is 0 Å². The second kappa shape index (κ2) is 10.1. The smallest absolute Gasteiger partial charge is 0.322 e. The molecule has 1 aliphatic carbocycles. The fourth-order valence-corrected chi connectivity index (χ4v) is 8.94. The van der Waals surface area contributed by atoms with Gasteiger partial charge in [-0.3, -0.25) is 0 Å². The van der Waals surface area contributed by atoms with Crippen LogP contribution in [0.1, 0.15) is 36.5 Å². The van der Waals surface area contributed by atoms with E-state index in [2.05, 4.69) is 5.32 Å². The number of hydrogen-bond acceptors (Lipinski definition) is 4. The van der Waals surface area contributed by atoms with Gasteiger partial charge in [-0.25, -0.2) is 22.0 Å². The molecule has 3 aliphatic rings. The Bertz CT molecular complexity index is 1460. The molecule has 2 heterocycles. The highest BCUT2D eigenvalue weighted by Crippen LogP contribution is 2.56. The average Bonchev–Trinajstić information content (AvgIpc) is 3.32. The van der Waals surface area contributed by atoms with Crippen LogP contribution >= 0.6 is 0 Å². The molecule has 2 amide bonds. The maximum Gasteiger partial charge on any atom is 0.435 e. The Morgan fingerprint density at radius 3 is 2.21 bits per heavy atom. The lowest BCUT2D eigenvalue weighted by atomic mass is 9.77. The summed E-state index contributed by atoms with van der Waals surface area (Å²) in [7, 11) is -4.53. The number of alkyl halides is 7. The van der Waals surface area contributed by atoms with Gasteiger partial charge in [-0.05, 0) is 61.6 Å². The zero-order valence-corrected chi connectivity index (χ0v) is 23.0. The van der Waals surface area contributed by atoms with Crippen LogP contribution in [0.15, 0.2) is 47.4 Å². The Labute approximate surface area is 236 Å². The number of piperazine rings is 1. The summed E-state index contributed by atoms with van der Waals surface area (Å²) in [4.78, 5) is 16.3. The van der Waals surface area contributed by atoms with E-state index >= 15 is 0 Å². The third-order valence-corrected chi connectivity index (χ3v) is 11.1.